The van der Waals surface area contributed by atoms with Crippen LogP contribution in [0.25, 0.3) is 10.1 Å². The predicted octanol–water partition coefficient (Wildman–Crippen LogP) is 4.54. The van der Waals surface area contributed by atoms with Crippen molar-refractivity contribution in [1.29, 1.82) is 0 Å². The van der Waals surface area contributed by atoms with E-state index in [2.05, 4.69) is 26.3 Å². The Morgan fingerprint density at radius 3 is 2.72 bits per heavy atom. The summed E-state index contributed by atoms with van der Waals surface area (Å²) in [7, 11) is 0. The number of carbonyl (C=O) groups excluding carboxylic acids is 1. The summed E-state index contributed by atoms with van der Waals surface area (Å²) in [5, 5.41) is 12.8. The van der Waals surface area contributed by atoms with Crippen molar-refractivity contribution in [3.63, 3.8) is 0 Å². The Labute approximate surface area is 194 Å². The minimum Gasteiger partial charge on any atom is -0.419 e. The highest BCUT2D eigenvalue weighted by Gasteiger charge is 2.23. The summed E-state index contributed by atoms with van der Waals surface area (Å²) in [4.78, 5) is 27.0. The van der Waals surface area contributed by atoms with Crippen molar-refractivity contribution in [1.82, 2.24) is 9.27 Å². The molecule has 0 saturated carbocycles. The average Bonchev–Trinajstić information content (AvgIpc) is 3.23. The number of nitrogens with zero attached hydrogens (tertiary/aromatic N) is 4. The minimum absolute atomic E-state index is 0.0542. The number of carbonyl (C=O) groups is 1. The van der Waals surface area contributed by atoms with E-state index in [0.717, 1.165) is 44.1 Å². The van der Waals surface area contributed by atoms with Gasteiger partial charge in [-0.05, 0) is 41.7 Å². The highest BCUT2D eigenvalue weighted by molar-refractivity contribution is 7.13. The van der Waals surface area contributed by atoms with E-state index in [9.17, 15) is 14.9 Å². The standard InChI is InChI=1S/C22H23ClN4O4S/c1-2-21(28)31-19-13-15(17(23)14-18(19)27(29)30)7-8-25-9-11-26(12-10-25)22-16-5-3-4-6-20(16)32-24-22/h3-6,13-14H,2,7-12H2,1H3. The van der Waals surface area contributed by atoms with Gasteiger partial charge in [0.15, 0.2) is 0 Å². The Kier molecular flexibility index (Phi) is 6.88. The maximum absolute atomic E-state index is 11.7. The van der Waals surface area contributed by atoms with Crippen LogP contribution < -0.4 is 9.64 Å². The lowest BCUT2D eigenvalue weighted by atomic mass is 10.1. The second-order valence-corrected chi connectivity index (χ2v) is 8.79. The van der Waals surface area contributed by atoms with Gasteiger partial charge in [-0.15, -0.1) is 0 Å². The monoisotopic (exact) mass is 474 g/mol. The molecule has 1 fully saturated rings. The molecule has 0 spiro atoms. The number of anilines is 1. The largest absolute Gasteiger partial charge is 0.419 e. The molecule has 0 aliphatic carbocycles. The number of piperazine rings is 1. The summed E-state index contributed by atoms with van der Waals surface area (Å²) in [5.41, 5.74) is 0.425. The van der Waals surface area contributed by atoms with E-state index in [4.69, 9.17) is 16.3 Å². The molecule has 0 unspecified atom stereocenters. The van der Waals surface area contributed by atoms with Gasteiger partial charge < -0.3 is 9.64 Å². The summed E-state index contributed by atoms with van der Waals surface area (Å²) in [6, 6.07) is 11.1. The molecule has 1 aliphatic rings. The van der Waals surface area contributed by atoms with Crippen LogP contribution >= 0.6 is 23.1 Å². The summed E-state index contributed by atoms with van der Waals surface area (Å²) in [5.74, 6) is 0.472. The van der Waals surface area contributed by atoms with Crippen molar-refractivity contribution in [3.05, 3.63) is 57.1 Å². The Morgan fingerprint density at radius 2 is 2.00 bits per heavy atom. The fourth-order valence-electron chi connectivity index (χ4n) is 3.76. The molecule has 1 aromatic heterocycles. The van der Waals surface area contributed by atoms with E-state index in [1.807, 2.05) is 12.1 Å². The Hall–Kier alpha value is -2.75. The molecule has 0 N–H and O–H groups in total. The summed E-state index contributed by atoms with van der Waals surface area (Å²) < 4.78 is 11.0. The number of fused-ring (bicyclic) bond motifs is 1. The number of hydrogen-bond donors (Lipinski definition) is 0. The average molecular weight is 475 g/mol. The molecule has 1 saturated heterocycles. The van der Waals surface area contributed by atoms with Crippen LogP contribution in [0.1, 0.15) is 18.9 Å². The molecular formula is C22H23ClN4O4S. The van der Waals surface area contributed by atoms with Crippen LogP contribution in [0.4, 0.5) is 11.5 Å². The number of rotatable bonds is 7. The molecule has 0 radical (unpaired) electrons. The smallest absolute Gasteiger partial charge is 0.313 e. The Bertz CT molecular complexity index is 1140. The summed E-state index contributed by atoms with van der Waals surface area (Å²) >= 11 is 7.82. The van der Waals surface area contributed by atoms with Crippen molar-refractivity contribution < 1.29 is 14.5 Å². The summed E-state index contributed by atoms with van der Waals surface area (Å²) in [6.07, 6.45) is 0.737. The lowest BCUT2D eigenvalue weighted by molar-refractivity contribution is -0.385. The molecule has 2 heterocycles. The van der Waals surface area contributed by atoms with Gasteiger partial charge >= 0.3 is 11.7 Å². The first kappa shape index (κ1) is 22.4. The number of esters is 1. The van der Waals surface area contributed by atoms with Gasteiger partial charge in [-0.25, -0.2) is 0 Å². The van der Waals surface area contributed by atoms with E-state index in [1.54, 1.807) is 6.92 Å². The van der Waals surface area contributed by atoms with Gasteiger partial charge in [0.1, 0.15) is 5.82 Å². The number of halogens is 1. The number of benzene rings is 2. The third-order valence-corrected chi connectivity index (χ3v) is 6.73. The van der Waals surface area contributed by atoms with Crippen LogP contribution in [0.2, 0.25) is 5.02 Å². The van der Waals surface area contributed by atoms with E-state index in [1.165, 1.54) is 33.8 Å². The Balaban J connectivity index is 1.39. The van der Waals surface area contributed by atoms with Gasteiger partial charge in [0.05, 0.1) is 14.6 Å². The van der Waals surface area contributed by atoms with Crippen molar-refractivity contribution in [3.8, 4) is 5.75 Å². The molecule has 1 aliphatic heterocycles. The zero-order valence-electron chi connectivity index (χ0n) is 17.6. The molecule has 10 heteroatoms. The minimum atomic E-state index is -0.588. The third kappa shape index (κ3) is 4.85. The van der Waals surface area contributed by atoms with Crippen LogP contribution in [0, 0.1) is 10.1 Å². The second kappa shape index (κ2) is 9.81. The van der Waals surface area contributed by atoms with Crippen LogP contribution in [0.3, 0.4) is 0 Å². The van der Waals surface area contributed by atoms with E-state index in [0.29, 0.717) is 11.4 Å². The van der Waals surface area contributed by atoms with Gasteiger partial charge in [0.25, 0.3) is 0 Å². The van der Waals surface area contributed by atoms with Gasteiger partial charge in [-0.1, -0.05) is 30.7 Å². The topological polar surface area (TPSA) is 88.8 Å². The first-order chi connectivity index (χ1) is 15.5. The Morgan fingerprint density at radius 1 is 1.25 bits per heavy atom. The molecule has 32 heavy (non-hydrogen) atoms. The highest BCUT2D eigenvalue weighted by Crippen LogP contribution is 2.34. The SMILES string of the molecule is CCC(=O)Oc1cc(CCN2CCN(c3nsc4ccccc34)CC2)c(Cl)cc1[N+](=O)[O-]. The van der Waals surface area contributed by atoms with Crippen molar-refractivity contribution >= 4 is 50.7 Å². The second-order valence-electron chi connectivity index (χ2n) is 7.58. The molecule has 0 bridgehead atoms. The van der Waals surface area contributed by atoms with Crippen LogP contribution in [0.15, 0.2) is 36.4 Å². The normalized spacial score (nSPS) is 14.6. The number of aromatic nitrogens is 1. The first-order valence-corrected chi connectivity index (χ1v) is 11.6. The van der Waals surface area contributed by atoms with Crippen molar-refractivity contribution in [2.45, 2.75) is 19.8 Å². The molecule has 3 aromatic rings. The van der Waals surface area contributed by atoms with Crippen molar-refractivity contribution in [2.24, 2.45) is 0 Å². The van der Waals surface area contributed by atoms with E-state index >= 15 is 0 Å². The summed E-state index contributed by atoms with van der Waals surface area (Å²) in [6.45, 7) is 5.91. The van der Waals surface area contributed by atoms with E-state index in [-0.39, 0.29) is 17.9 Å². The molecule has 0 atom stereocenters. The van der Waals surface area contributed by atoms with Gasteiger partial charge in [-0.2, -0.15) is 4.37 Å². The fraction of sp³-hybridized carbons (Fsp3) is 0.364. The molecular weight excluding hydrogens is 452 g/mol. The number of nitro benzene ring substituents is 1. The number of ether oxygens (including phenoxy) is 1. The molecule has 168 valence electrons. The van der Waals surface area contributed by atoms with E-state index < -0.39 is 10.9 Å². The van der Waals surface area contributed by atoms with Crippen LogP contribution in [-0.4, -0.2) is 52.9 Å². The number of nitro groups is 1. The predicted molar refractivity (Wildman–Crippen MR) is 126 cm³/mol. The van der Waals surface area contributed by atoms with Crippen LogP contribution in [-0.2, 0) is 11.2 Å². The molecule has 4 rings (SSSR count). The first-order valence-electron chi connectivity index (χ1n) is 10.5. The van der Waals surface area contributed by atoms with Gasteiger partial charge in [0, 0.05) is 50.6 Å². The fourth-order valence-corrected chi connectivity index (χ4v) is 4.81. The molecule has 8 nitrogen and oxygen atoms in total. The lowest BCUT2D eigenvalue weighted by Gasteiger charge is -2.35. The van der Waals surface area contributed by atoms with Gasteiger partial charge in [-0.3, -0.25) is 19.8 Å². The highest BCUT2D eigenvalue weighted by atomic mass is 35.5. The zero-order valence-corrected chi connectivity index (χ0v) is 19.2. The quantitative estimate of drug-likeness (QED) is 0.215. The maximum Gasteiger partial charge on any atom is 0.313 e. The molecule has 0 amide bonds. The van der Waals surface area contributed by atoms with Gasteiger partial charge in [0.2, 0.25) is 5.75 Å². The number of hydrogen-bond acceptors (Lipinski definition) is 8. The molecule has 2 aromatic carbocycles. The lowest BCUT2D eigenvalue weighted by Crippen LogP contribution is -2.47. The zero-order chi connectivity index (χ0) is 22.7. The van der Waals surface area contributed by atoms with Crippen molar-refractivity contribution in [2.75, 3.05) is 37.6 Å². The van der Waals surface area contributed by atoms with Crippen LogP contribution in [0.5, 0.6) is 5.75 Å². The third-order valence-electron chi connectivity index (χ3n) is 5.56. The maximum atomic E-state index is 11.7.